The fraction of sp³-hybridized carbons (Fsp3) is 0.550. The van der Waals surface area contributed by atoms with Crippen molar-refractivity contribution in [2.75, 3.05) is 66.5 Å². The number of aromatic nitrogens is 2. The fourth-order valence-corrected chi connectivity index (χ4v) is 4.73. The molecule has 3 heterocycles. The number of carbonyl (C=O) groups is 2. The minimum absolute atomic E-state index is 0.104. The molecule has 1 N–H and O–H groups in total. The average Bonchev–Trinajstić information content (AvgIpc) is 3.15. The number of nitrogens with zero attached hydrogens (tertiary/aromatic N) is 5. The Morgan fingerprint density at radius 1 is 0.897 bits per heavy atom. The number of amides is 2. The number of imidazole rings is 1. The summed E-state index contributed by atoms with van der Waals surface area (Å²) in [6, 6.07) is 7.75. The Kier molecular flexibility index (Phi) is 6.07. The molecule has 0 saturated carbocycles. The van der Waals surface area contributed by atoms with Crippen LogP contribution in [0.25, 0.3) is 11.0 Å². The van der Waals surface area contributed by atoms with Crippen LogP contribution in [0.1, 0.15) is 0 Å². The second-order valence-corrected chi connectivity index (χ2v) is 8.91. The number of nitrogens with one attached hydrogen (secondary N) is 1. The molecule has 29 heavy (non-hydrogen) atoms. The lowest BCUT2D eigenvalue weighted by molar-refractivity contribution is -0.141. The molecular formula is C20H28N6O2S. The van der Waals surface area contributed by atoms with Crippen molar-refractivity contribution in [2.45, 2.75) is 10.4 Å². The highest BCUT2D eigenvalue weighted by atomic mass is 32.2. The number of H-pyrrole nitrogens is 1. The van der Waals surface area contributed by atoms with Gasteiger partial charge in [0, 0.05) is 52.4 Å². The number of carbonyl (C=O) groups excluding carboxylic acids is 2. The van der Waals surface area contributed by atoms with E-state index in [0.29, 0.717) is 31.3 Å². The van der Waals surface area contributed by atoms with Crippen molar-refractivity contribution in [1.29, 1.82) is 0 Å². The van der Waals surface area contributed by atoms with Gasteiger partial charge in [0.05, 0.1) is 11.0 Å². The van der Waals surface area contributed by atoms with Gasteiger partial charge in [-0.3, -0.25) is 9.59 Å². The van der Waals surface area contributed by atoms with E-state index in [1.807, 2.05) is 34.1 Å². The molecule has 0 bridgehead atoms. The molecule has 2 amide bonds. The molecule has 0 unspecified atom stereocenters. The Bertz CT molecular complexity index is 804. The molecule has 8 nitrogen and oxygen atoms in total. The number of hydrogen-bond donors (Lipinski definition) is 1. The molecule has 0 spiro atoms. The van der Waals surface area contributed by atoms with Crippen LogP contribution in [-0.2, 0) is 9.59 Å². The van der Waals surface area contributed by atoms with Crippen molar-refractivity contribution >= 4 is 34.6 Å². The van der Waals surface area contributed by atoms with Gasteiger partial charge >= 0.3 is 0 Å². The van der Waals surface area contributed by atoms with Gasteiger partial charge in [0.25, 0.3) is 0 Å². The van der Waals surface area contributed by atoms with E-state index >= 15 is 0 Å². The summed E-state index contributed by atoms with van der Waals surface area (Å²) < 4.78 is 0. The second-order valence-electron chi connectivity index (χ2n) is 7.81. The summed E-state index contributed by atoms with van der Waals surface area (Å²) in [6.45, 7) is 5.94. The minimum atomic E-state index is -0.803. The van der Waals surface area contributed by atoms with Crippen LogP contribution in [0, 0.1) is 0 Å². The third-order valence-corrected chi connectivity index (χ3v) is 6.73. The van der Waals surface area contributed by atoms with Crippen LogP contribution in [0.2, 0.25) is 0 Å². The Labute approximate surface area is 175 Å². The van der Waals surface area contributed by atoms with Gasteiger partial charge in [-0.15, -0.1) is 0 Å². The first-order valence-corrected chi connectivity index (χ1v) is 11.0. The van der Waals surface area contributed by atoms with Crippen LogP contribution in [-0.4, -0.2) is 113 Å². The van der Waals surface area contributed by atoms with Crippen LogP contribution in [0.3, 0.4) is 0 Å². The minimum Gasteiger partial charge on any atom is -0.339 e. The van der Waals surface area contributed by atoms with Gasteiger partial charge in [0.2, 0.25) is 11.8 Å². The molecule has 2 aromatic rings. The van der Waals surface area contributed by atoms with E-state index < -0.39 is 5.25 Å². The summed E-state index contributed by atoms with van der Waals surface area (Å²) in [5.74, 6) is -0.208. The van der Waals surface area contributed by atoms with Gasteiger partial charge < -0.3 is 24.6 Å². The molecule has 1 aromatic carbocycles. The SMILES string of the molecule is CN1CCN(C(=O)C(Sc2nc3ccccc3[nH]2)C(=O)N2CCN(C)CC2)CC1. The zero-order valence-corrected chi connectivity index (χ0v) is 17.8. The van der Waals surface area contributed by atoms with Gasteiger partial charge in [-0.1, -0.05) is 23.9 Å². The van der Waals surface area contributed by atoms with Gasteiger partial charge in [-0.25, -0.2) is 4.98 Å². The summed E-state index contributed by atoms with van der Waals surface area (Å²) in [4.78, 5) is 42.6. The highest BCUT2D eigenvalue weighted by molar-refractivity contribution is 8.01. The number of para-hydroxylation sites is 2. The maximum atomic E-state index is 13.4. The van der Waals surface area contributed by atoms with Crippen LogP contribution in [0.5, 0.6) is 0 Å². The van der Waals surface area contributed by atoms with Crippen molar-refractivity contribution in [3.63, 3.8) is 0 Å². The Morgan fingerprint density at radius 2 is 1.41 bits per heavy atom. The molecule has 9 heteroatoms. The van der Waals surface area contributed by atoms with Crippen LogP contribution < -0.4 is 0 Å². The lowest BCUT2D eigenvalue weighted by Gasteiger charge is -2.37. The number of piperazine rings is 2. The number of thioether (sulfide) groups is 1. The molecule has 0 radical (unpaired) electrons. The van der Waals surface area contributed by atoms with Crippen molar-refractivity contribution < 1.29 is 9.59 Å². The molecule has 2 saturated heterocycles. The molecule has 0 atom stereocenters. The summed E-state index contributed by atoms with van der Waals surface area (Å²) >= 11 is 1.24. The van der Waals surface area contributed by atoms with Crippen LogP contribution >= 0.6 is 11.8 Å². The van der Waals surface area contributed by atoms with E-state index in [-0.39, 0.29) is 11.8 Å². The van der Waals surface area contributed by atoms with E-state index in [0.717, 1.165) is 37.2 Å². The first kappa shape index (κ1) is 20.2. The van der Waals surface area contributed by atoms with Gasteiger partial charge in [0.1, 0.15) is 0 Å². The predicted molar refractivity (Wildman–Crippen MR) is 114 cm³/mol. The van der Waals surface area contributed by atoms with E-state index in [9.17, 15) is 9.59 Å². The molecule has 2 aliphatic heterocycles. The van der Waals surface area contributed by atoms with E-state index in [4.69, 9.17) is 0 Å². The number of hydrogen-bond acceptors (Lipinski definition) is 6. The predicted octanol–water partition coefficient (Wildman–Crippen LogP) is 0.572. The monoisotopic (exact) mass is 416 g/mol. The Balaban J connectivity index is 1.55. The number of benzene rings is 1. The highest BCUT2D eigenvalue weighted by Gasteiger charge is 2.37. The van der Waals surface area contributed by atoms with Crippen LogP contribution in [0.4, 0.5) is 0 Å². The smallest absolute Gasteiger partial charge is 0.245 e. The number of likely N-dealkylation sites (N-methyl/N-ethyl adjacent to an activating group) is 2. The molecule has 1 aromatic heterocycles. The maximum absolute atomic E-state index is 13.4. The first-order valence-electron chi connectivity index (χ1n) is 10.1. The fourth-order valence-electron chi connectivity index (χ4n) is 3.69. The summed E-state index contributed by atoms with van der Waals surface area (Å²) in [5, 5.41) is -0.191. The lowest BCUT2D eigenvalue weighted by atomic mass is 10.2. The summed E-state index contributed by atoms with van der Waals surface area (Å²) in [7, 11) is 4.11. The highest BCUT2D eigenvalue weighted by Crippen LogP contribution is 2.27. The van der Waals surface area contributed by atoms with Crippen molar-refractivity contribution in [1.82, 2.24) is 29.6 Å². The molecular weight excluding hydrogens is 388 g/mol. The third-order valence-electron chi connectivity index (χ3n) is 5.68. The van der Waals surface area contributed by atoms with Gasteiger partial charge in [-0.2, -0.15) is 0 Å². The Hall–Kier alpha value is -2.10. The molecule has 2 aliphatic rings. The largest absolute Gasteiger partial charge is 0.339 e. The molecule has 156 valence electrons. The topological polar surface area (TPSA) is 75.8 Å². The molecule has 0 aliphatic carbocycles. The van der Waals surface area contributed by atoms with Gasteiger partial charge in [0.15, 0.2) is 10.4 Å². The second kappa shape index (κ2) is 8.73. The standard InChI is InChI=1S/C20H28N6O2S/c1-23-7-11-25(12-8-23)18(27)17(19(28)26-13-9-24(2)10-14-26)29-20-21-15-5-3-4-6-16(15)22-20/h3-6,17H,7-14H2,1-2H3,(H,21,22). The quantitative estimate of drug-likeness (QED) is 0.580. The third kappa shape index (κ3) is 4.57. The van der Waals surface area contributed by atoms with Crippen molar-refractivity contribution in [3.8, 4) is 0 Å². The normalized spacial score (nSPS) is 19.3. The summed E-state index contributed by atoms with van der Waals surface area (Å²) in [5.41, 5.74) is 1.75. The van der Waals surface area contributed by atoms with Crippen molar-refractivity contribution in [3.05, 3.63) is 24.3 Å². The van der Waals surface area contributed by atoms with Gasteiger partial charge in [-0.05, 0) is 26.2 Å². The average molecular weight is 417 g/mol. The van der Waals surface area contributed by atoms with E-state index in [1.165, 1.54) is 11.8 Å². The molecule has 2 fully saturated rings. The zero-order chi connectivity index (χ0) is 20.4. The maximum Gasteiger partial charge on any atom is 0.245 e. The van der Waals surface area contributed by atoms with Crippen LogP contribution in [0.15, 0.2) is 29.4 Å². The number of aromatic amines is 1. The zero-order valence-electron chi connectivity index (χ0n) is 17.0. The Morgan fingerprint density at radius 3 is 1.93 bits per heavy atom. The summed E-state index contributed by atoms with van der Waals surface area (Å²) in [6.07, 6.45) is 0. The number of rotatable bonds is 4. The number of fused-ring (bicyclic) bond motifs is 1. The van der Waals surface area contributed by atoms with Crippen molar-refractivity contribution in [2.24, 2.45) is 0 Å². The lowest BCUT2D eigenvalue weighted by Crippen LogP contribution is -2.55. The van der Waals surface area contributed by atoms with E-state index in [1.54, 1.807) is 0 Å². The molecule has 4 rings (SSSR count). The van der Waals surface area contributed by atoms with E-state index in [2.05, 4.69) is 33.9 Å². The first-order chi connectivity index (χ1) is 14.0.